The fourth-order valence-electron chi connectivity index (χ4n) is 5.70. The number of benzene rings is 1. The van der Waals surface area contributed by atoms with Crippen molar-refractivity contribution in [2.75, 3.05) is 7.05 Å². The summed E-state index contributed by atoms with van der Waals surface area (Å²) in [6.07, 6.45) is 5.65. The molecule has 0 radical (unpaired) electrons. The van der Waals surface area contributed by atoms with Crippen molar-refractivity contribution in [3.05, 3.63) is 34.9 Å². The fourth-order valence-corrected chi connectivity index (χ4v) is 5.70. The zero-order valence-electron chi connectivity index (χ0n) is 16.8. The minimum Gasteiger partial charge on any atom is -0.322 e. The molecule has 1 aromatic carbocycles. The van der Waals surface area contributed by atoms with Crippen LogP contribution in [0.15, 0.2) is 18.2 Å². The third kappa shape index (κ3) is 3.26. The van der Waals surface area contributed by atoms with Gasteiger partial charge in [-0.1, -0.05) is 12.1 Å². The summed E-state index contributed by atoms with van der Waals surface area (Å²) in [5, 5.41) is 5.81. The van der Waals surface area contributed by atoms with E-state index in [0.29, 0.717) is 36.7 Å². The van der Waals surface area contributed by atoms with Crippen molar-refractivity contribution >= 4 is 17.7 Å². The number of carbonyl (C=O) groups is 3. The smallest absolute Gasteiger partial charge is 0.255 e. The second-order valence-corrected chi connectivity index (χ2v) is 8.91. The summed E-state index contributed by atoms with van der Waals surface area (Å²) in [5.74, 6) is -0.711. The average Bonchev–Trinajstić information content (AvgIpc) is 3.13. The first-order chi connectivity index (χ1) is 14.0. The van der Waals surface area contributed by atoms with E-state index in [0.717, 1.165) is 12.1 Å². The van der Waals surface area contributed by atoms with E-state index in [-0.39, 0.29) is 24.1 Å². The maximum atomic E-state index is 12.9. The molecule has 7 nitrogen and oxygen atoms in total. The highest BCUT2D eigenvalue weighted by Gasteiger charge is 2.41. The number of rotatable bonds is 4. The number of hydrogen-bond acceptors (Lipinski definition) is 5. The molecule has 3 saturated heterocycles. The summed E-state index contributed by atoms with van der Waals surface area (Å²) in [7, 11) is 2.06. The van der Waals surface area contributed by atoms with Gasteiger partial charge in [0.2, 0.25) is 11.8 Å². The van der Waals surface area contributed by atoms with Crippen molar-refractivity contribution in [2.45, 2.75) is 75.8 Å². The molecule has 3 amide bonds. The summed E-state index contributed by atoms with van der Waals surface area (Å²) in [6, 6.07) is 7.48. The van der Waals surface area contributed by atoms with Gasteiger partial charge in [0.1, 0.15) is 6.04 Å². The van der Waals surface area contributed by atoms with Crippen LogP contribution in [0.2, 0.25) is 0 Å². The number of carbonyl (C=O) groups excluding carboxylic acids is 3. The Bertz CT molecular complexity index is 856. The van der Waals surface area contributed by atoms with Crippen molar-refractivity contribution in [1.82, 2.24) is 20.4 Å². The number of hydrogen-bond donors (Lipinski definition) is 2. The first kappa shape index (κ1) is 18.8. The monoisotopic (exact) mass is 396 g/mol. The molecule has 0 spiro atoms. The molecular weight excluding hydrogens is 368 g/mol. The van der Waals surface area contributed by atoms with Gasteiger partial charge >= 0.3 is 0 Å². The summed E-state index contributed by atoms with van der Waals surface area (Å²) in [6.45, 7) is 1.37. The van der Waals surface area contributed by atoms with Crippen LogP contribution in [0.1, 0.15) is 60.0 Å². The molecule has 3 atom stereocenters. The van der Waals surface area contributed by atoms with Crippen molar-refractivity contribution < 1.29 is 14.4 Å². The molecule has 2 bridgehead atoms. The predicted octanol–water partition coefficient (Wildman–Crippen LogP) is 1.16. The molecule has 7 heteroatoms. The lowest BCUT2D eigenvalue weighted by atomic mass is 9.96. The van der Waals surface area contributed by atoms with E-state index in [4.69, 9.17) is 0 Å². The Kier molecular flexibility index (Phi) is 4.67. The van der Waals surface area contributed by atoms with Crippen LogP contribution < -0.4 is 10.6 Å². The Morgan fingerprint density at radius 1 is 1.10 bits per heavy atom. The summed E-state index contributed by atoms with van der Waals surface area (Å²) >= 11 is 0. The Morgan fingerprint density at radius 2 is 1.86 bits per heavy atom. The number of imide groups is 1. The highest BCUT2D eigenvalue weighted by molar-refractivity contribution is 6.05. The van der Waals surface area contributed by atoms with Crippen molar-refractivity contribution in [1.29, 1.82) is 0 Å². The van der Waals surface area contributed by atoms with E-state index in [2.05, 4.69) is 34.7 Å². The van der Waals surface area contributed by atoms with E-state index in [9.17, 15) is 14.4 Å². The van der Waals surface area contributed by atoms with Crippen molar-refractivity contribution in [3.63, 3.8) is 0 Å². The lowest BCUT2D eigenvalue weighted by Gasteiger charge is -2.39. The molecular formula is C22H28N4O3. The van der Waals surface area contributed by atoms with E-state index in [1.165, 1.54) is 31.2 Å². The summed E-state index contributed by atoms with van der Waals surface area (Å²) in [4.78, 5) is 40.7. The lowest BCUT2D eigenvalue weighted by Crippen LogP contribution is -2.52. The second-order valence-electron chi connectivity index (χ2n) is 8.91. The minimum atomic E-state index is -0.549. The van der Waals surface area contributed by atoms with Gasteiger partial charge in [-0.2, -0.15) is 0 Å². The average molecular weight is 396 g/mol. The molecule has 0 saturated carbocycles. The first-order valence-electron chi connectivity index (χ1n) is 10.7. The van der Waals surface area contributed by atoms with E-state index in [1.807, 2.05) is 6.07 Å². The lowest BCUT2D eigenvalue weighted by molar-refractivity contribution is -0.136. The fraction of sp³-hybridized carbons (Fsp3) is 0.591. The Balaban J connectivity index is 1.30. The molecule has 29 heavy (non-hydrogen) atoms. The van der Waals surface area contributed by atoms with Gasteiger partial charge in [0.15, 0.2) is 0 Å². The first-order valence-corrected chi connectivity index (χ1v) is 10.7. The quantitative estimate of drug-likeness (QED) is 0.747. The minimum absolute atomic E-state index is 0.101. The summed E-state index contributed by atoms with van der Waals surface area (Å²) in [5.41, 5.74) is 2.92. The molecule has 4 heterocycles. The van der Waals surface area contributed by atoms with Crippen LogP contribution in [0.5, 0.6) is 0 Å². The molecule has 1 aromatic rings. The van der Waals surface area contributed by atoms with Crippen LogP contribution in [0.4, 0.5) is 0 Å². The molecule has 4 aliphatic rings. The van der Waals surface area contributed by atoms with Gasteiger partial charge in [-0.15, -0.1) is 0 Å². The Morgan fingerprint density at radius 3 is 2.55 bits per heavy atom. The zero-order chi connectivity index (χ0) is 20.1. The third-order valence-electron chi connectivity index (χ3n) is 7.25. The predicted molar refractivity (Wildman–Crippen MR) is 107 cm³/mol. The molecule has 5 rings (SSSR count). The topological polar surface area (TPSA) is 81.8 Å². The molecule has 3 unspecified atom stereocenters. The number of piperidine rings is 2. The van der Waals surface area contributed by atoms with E-state index >= 15 is 0 Å². The second kappa shape index (κ2) is 7.22. The number of nitrogens with zero attached hydrogens (tertiary/aromatic N) is 2. The van der Waals surface area contributed by atoms with Crippen molar-refractivity contribution in [3.8, 4) is 0 Å². The van der Waals surface area contributed by atoms with Crippen molar-refractivity contribution in [2.24, 2.45) is 0 Å². The summed E-state index contributed by atoms with van der Waals surface area (Å²) < 4.78 is 0. The Labute approximate surface area is 170 Å². The van der Waals surface area contributed by atoms with Crippen LogP contribution in [0.3, 0.4) is 0 Å². The van der Waals surface area contributed by atoms with Crippen LogP contribution in [0.25, 0.3) is 0 Å². The molecule has 0 aliphatic carbocycles. The number of fused-ring (bicyclic) bond motifs is 3. The van der Waals surface area contributed by atoms with Gasteiger partial charge in [-0.3, -0.25) is 24.6 Å². The van der Waals surface area contributed by atoms with Gasteiger partial charge in [-0.05, 0) is 56.3 Å². The highest BCUT2D eigenvalue weighted by atomic mass is 16.2. The molecule has 4 aliphatic heterocycles. The largest absolute Gasteiger partial charge is 0.322 e. The van der Waals surface area contributed by atoms with E-state index < -0.39 is 6.04 Å². The molecule has 2 N–H and O–H groups in total. The number of amides is 3. The maximum Gasteiger partial charge on any atom is 0.255 e. The maximum absolute atomic E-state index is 12.9. The third-order valence-corrected chi connectivity index (χ3v) is 7.25. The standard InChI is InChI=1S/C22H28N4O3/c1-23-15-9-16-3-4-17(10-15)25(16)11-13-2-5-18-14(8-13)12-26(22(18)29)19-6-7-20(27)24-21(19)28/h2,5,8,15-17,19,23H,3-4,6-7,9-12H2,1H3,(H,24,27,28). The Hall–Kier alpha value is -2.25. The van der Waals surface area contributed by atoms with Crippen LogP contribution in [-0.2, 0) is 22.7 Å². The molecule has 3 fully saturated rings. The van der Waals surface area contributed by atoms with E-state index in [1.54, 1.807) is 4.90 Å². The normalized spacial score (nSPS) is 31.9. The highest BCUT2D eigenvalue weighted by Crippen LogP contribution is 2.37. The van der Waals surface area contributed by atoms with Gasteiger partial charge in [-0.25, -0.2) is 0 Å². The molecule has 154 valence electrons. The van der Waals surface area contributed by atoms with Crippen LogP contribution in [0, 0.1) is 0 Å². The van der Waals surface area contributed by atoms with Gasteiger partial charge in [0.25, 0.3) is 5.91 Å². The SMILES string of the molecule is CNC1CC2CCC(C1)N2Cc1ccc2c(c1)CN(C1CCC(=O)NC1=O)C2=O. The zero-order valence-corrected chi connectivity index (χ0v) is 16.8. The molecule has 0 aromatic heterocycles. The number of nitrogens with one attached hydrogen (secondary N) is 2. The van der Waals surface area contributed by atoms with Gasteiger partial charge in [0, 0.05) is 43.2 Å². The van der Waals surface area contributed by atoms with Crippen LogP contribution >= 0.6 is 0 Å². The van der Waals surface area contributed by atoms with Gasteiger partial charge in [0.05, 0.1) is 0 Å². The van der Waals surface area contributed by atoms with Crippen LogP contribution in [-0.4, -0.2) is 58.7 Å². The van der Waals surface area contributed by atoms with Gasteiger partial charge < -0.3 is 10.2 Å².